The molecule has 5 rings (SSSR count). The monoisotopic (exact) mass is 438 g/mol. The third-order valence-electron chi connectivity index (χ3n) is 6.02. The zero-order valence-electron chi connectivity index (χ0n) is 18.3. The molecule has 5 heteroatoms. The Kier molecular flexibility index (Phi) is 5.96. The molecule has 1 amide bonds. The molecule has 166 valence electrons. The van der Waals surface area contributed by atoms with Gasteiger partial charge in [-0.15, -0.1) is 0 Å². The van der Waals surface area contributed by atoms with E-state index in [0.29, 0.717) is 24.3 Å². The van der Waals surface area contributed by atoms with Gasteiger partial charge in [0.05, 0.1) is 24.8 Å². The van der Waals surface area contributed by atoms with E-state index in [-0.39, 0.29) is 12.5 Å². The second kappa shape index (κ2) is 9.35. The minimum absolute atomic E-state index is 0.151. The highest BCUT2D eigenvalue weighted by atomic mass is 16.5. The fraction of sp³-hybridized carbons (Fsp3) is 0.179. The molecule has 0 saturated carbocycles. The summed E-state index contributed by atoms with van der Waals surface area (Å²) in [5, 5.41) is 14.1. The molecule has 1 aliphatic heterocycles. The predicted molar refractivity (Wildman–Crippen MR) is 131 cm³/mol. The lowest BCUT2D eigenvalue weighted by Gasteiger charge is -2.17. The van der Waals surface area contributed by atoms with Gasteiger partial charge in [-0.1, -0.05) is 60.7 Å². The summed E-state index contributed by atoms with van der Waals surface area (Å²) in [6.45, 7) is 0.419. The van der Waals surface area contributed by atoms with Gasteiger partial charge in [0.15, 0.2) is 0 Å². The number of para-hydroxylation sites is 1. The number of nitrogens with one attached hydrogen (secondary N) is 2. The van der Waals surface area contributed by atoms with Crippen LogP contribution in [0.1, 0.15) is 32.6 Å². The SMILES string of the molecule is O=C(N[C@@H](CO)Cc1c[nH]c2ccccc12)c1cc(C=Cc2ccccc2)cc2c1OCC2. The van der Waals surface area contributed by atoms with Crippen LogP contribution in [0.4, 0.5) is 0 Å². The average Bonchev–Trinajstić information content (AvgIpc) is 3.49. The van der Waals surface area contributed by atoms with Gasteiger partial charge in [0.25, 0.3) is 5.91 Å². The molecule has 3 aromatic carbocycles. The van der Waals surface area contributed by atoms with Crippen LogP contribution >= 0.6 is 0 Å². The number of carbonyl (C=O) groups excluding carboxylic acids is 1. The Balaban J connectivity index is 1.38. The van der Waals surface area contributed by atoms with Crippen molar-refractivity contribution in [1.82, 2.24) is 10.3 Å². The molecule has 0 saturated heterocycles. The zero-order chi connectivity index (χ0) is 22.6. The summed E-state index contributed by atoms with van der Waals surface area (Å²) in [6, 6.07) is 21.6. The molecule has 0 fully saturated rings. The second-order valence-corrected chi connectivity index (χ2v) is 8.32. The predicted octanol–water partition coefficient (Wildman–Crippen LogP) is 4.61. The molecule has 2 heterocycles. The zero-order valence-corrected chi connectivity index (χ0v) is 18.3. The maximum Gasteiger partial charge on any atom is 0.255 e. The number of rotatable bonds is 7. The first-order valence-corrected chi connectivity index (χ1v) is 11.2. The summed E-state index contributed by atoms with van der Waals surface area (Å²) in [5.74, 6) is 0.412. The first-order chi connectivity index (χ1) is 16.2. The molecule has 4 aromatic rings. The molecular weight excluding hydrogens is 412 g/mol. The maximum absolute atomic E-state index is 13.3. The lowest BCUT2D eigenvalue weighted by Crippen LogP contribution is -2.39. The lowest BCUT2D eigenvalue weighted by molar-refractivity contribution is 0.0913. The molecule has 1 atom stereocenters. The summed E-state index contributed by atoms with van der Waals surface area (Å²) in [7, 11) is 0. The number of aliphatic hydroxyl groups excluding tert-OH is 1. The van der Waals surface area contributed by atoms with E-state index in [1.165, 1.54) is 0 Å². The van der Waals surface area contributed by atoms with Crippen LogP contribution in [0.25, 0.3) is 23.1 Å². The summed E-state index contributed by atoms with van der Waals surface area (Å²) < 4.78 is 5.79. The molecule has 33 heavy (non-hydrogen) atoms. The van der Waals surface area contributed by atoms with Crippen molar-refractivity contribution in [3.05, 3.63) is 101 Å². The van der Waals surface area contributed by atoms with Crippen LogP contribution in [0, 0.1) is 0 Å². The molecule has 1 aliphatic rings. The second-order valence-electron chi connectivity index (χ2n) is 8.32. The molecule has 0 unspecified atom stereocenters. The lowest BCUT2D eigenvalue weighted by atomic mass is 10.0. The van der Waals surface area contributed by atoms with E-state index in [1.54, 1.807) is 0 Å². The van der Waals surface area contributed by atoms with Gasteiger partial charge < -0.3 is 20.1 Å². The van der Waals surface area contributed by atoms with Gasteiger partial charge in [-0.25, -0.2) is 0 Å². The highest BCUT2D eigenvalue weighted by molar-refractivity contribution is 5.98. The van der Waals surface area contributed by atoms with E-state index in [1.807, 2.05) is 79.0 Å². The van der Waals surface area contributed by atoms with Crippen LogP contribution in [0.15, 0.2) is 72.9 Å². The molecule has 0 bridgehead atoms. The van der Waals surface area contributed by atoms with E-state index in [4.69, 9.17) is 4.74 Å². The fourth-order valence-electron chi connectivity index (χ4n) is 4.34. The number of carbonyl (C=O) groups is 1. The van der Waals surface area contributed by atoms with Crippen molar-refractivity contribution in [2.24, 2.45) is 0 Å². The summed E-state index contributed by atoms with van der Waals surface area (Å²) in [6.07, 6.45) is 7.30. The van der Waals surface area contributed by atoms with Crippen molar-refractivity contribution in [1.29, 1.82) is 0 Å². The van der Waals surface area contributed by atoms with Crippen molar-refractivity contribution in [2.75, 3.05) is 13.2 Å². The first-order valence-electron chi connectivity index (χ1n) is 11.2. The third-order valence-corrected chi connectivity index (χ3v) is 6.02. The molecular formula is C28H26N2O3. The maximum atomic E-state index is 13.3. The number of amides is 1. The molecule has 0 radical (unpaired) electrons. The average molecular weight is 439 g/mol. The van der Waals surface area contributed by atoms with E-state index < -0.39 is 6.04 Å². The van der Waals surface area contributed by atoms with E-state index in [2.05, 4.69) is 16.4 Å². The van der Waals surface area contributed by atoms with Crippen molar-refractivity contribution in [3.63, 3.8) is 0 Å². The first kappa shape index (κ1) is 21.0. The van der Waals surface area contributed by atoms with E-state index in [0.717, 1.165) is 39.6 Å². The number of aromatic amines is 1. The number of aromatic nitrogens is 1. The number of benzene rings is 3. The normalized spacial score (nSPS) is 13.7. The summed E-state index contributed by atoms with van der Waals surface area (Å²) >= 11 is 0. The third kappa shape index (κ3) is 4.54. The summed E-state index contributed by atoms with van der Waals surface area (Å²) in [5.41, 5.74) is 5.69. The molecule has 0 aliphatic carbocycles. The Hall–Kier alpha value is -3.83. The Morgan fingerprint density at radius 1 is 1.06 bits per heavy atom. The Morgan fingerprint density at radius 3 is 2.70 bits per heavy atom. The number of aliphatic hydroxyl groups is 1. The number of hydrogen-bond donors (Lipinski definition) is 3. The molecule has 0 spiro atoms. The summed E-state index contributed by atoms with van der Waals surface area (Å²) in [4.78, 5) is 16.5. The standard InChI is InChI=1S/C28H26N2O3/c31-18-23(16-22-17-29-26-9-5-4-8-24(22)26)30-28(32)25-15-20(14-21-12-13-33-27(21)25)11-10-19-6-2-1-3-7-19/h1-11,14-15,17,23,29,31H,12-13,16,18H2,(H,30,32)/t23-/m1/s1. The van der Waals surface area contributed by atoms with E-state index >= 15 is 0 Å². The quantitative estimate of drug-likeness (QED) is 0.369. The van der Waals surface area contributed by atoms with Crippen LogP contribution in [0.5, 0.6) is 5.75 Å². The van der Waals surface area contributed by atoms with E-state index in [9.17, 15) is 9.90 Å². The molecule has 5 nitrogen and oxygen atoms in total. The van der Waals surface area contributed by atoms with Gasteiger partial charge in [-0.2, -0.15) is 0 Å². The van der Waals surface area contributed by atoms with Crippen LogP contribution < -0.4 is 10.1 Å². The Labute approximate surface area is 192 Å². The van der Waals surface area contributed by atoms with Gasteiger partial charge >= 0.3 is 0 Å². The largest absolute Gasteiger partial charge is 0.492 e. The van der Waals surface area contributed by atoms with Crippen LogP contribution in [-0.4, -0.2) is 35.3 Å². The van der Waals surface area contributed by atoms with Crippen LogP contribution in [0.2, 0.25) is 0 Å². The topological polar surface area (TPSA) is 74.4 Å². The van der Waals surface area contributed by atoms with Crippen molar-refractivity contribution in [2.45, 2.75) is 18.9 Å². The van der Waals surface area contributed by atoms with Crippen molar-refractivity contribution < 1.29 is 14.6 Å². The Morgan fingerprint density at radius 2 is 1.85 bits per heavy atom. The minimum Gasteiger partial charge on any atom is -0.492 e. The van der Waals surface area contributed by atoms with Gasteiger partial charge in [0.2, 0.25) is 0 Å². The highest BCUT2D eigenvalue weighted by Crippen LogP contribution is 2.32. The van der Waals surface area contributed by atoms with Gasteiger partial charge in [-0.05, 0) is 46.9 Å². The van der Waals surface area contributed by atoms with Crippen LogP contribution in [0.3, 0.4) is 0 Å². The number of H-pyrrole nitrogens is 1. The van der Waals surface area contributed by atoms with Gasteiger partial charge in [0, 0.05) is 23.5 Å². The number of fused-ring (bicyclic) bond motifs is 2. The van der Waals surface area contributed by atoms with Crippen molar-refractivity contribution in [3.8, 4) is 5.75 Å². The smallest absolute Gasteiger partial charge is 0.255 e. The highest BCUT2D eigenvalue weighted by Gasteiger charge is 2.24. The molecule has 1 aromatic heterocycles. The Bertz CT molecular complexity index is 1310. The van der Waals surface area contributed by atoms with Gasteiger partial charge in [0.1, 0.15) is 5.75 Å². The van der Waals surface area contributed by atoms with Crippen molar-refractivity contribution >= 4 is 29.0 Å². The fourth-order valence-corrected chi connectivity index (χ4v) is 4.34. The van der Waals surface area contributed by atoms with Gasteiger partial charge in [-0.3, -0.25) is 4.79 Å². The number of hydrogen-bond acceptors (Lipinski definition) is 3. The molecule has 3 N–H and O–H groups in total. The van der Waals surface area contributed by atoms with Crippen LogP contribution in [-0.2, 0) is 12.8 Å². The minimum atomic E-state index is -0.405. The number of ether oxygens (including phenoxy) is 1.